The lowest BCUT2D eigenvalue weighted by molar-refractivity contribution is 0.172. The van der Waals surface area contributed by atoms with Gasteiger partial charge in [-0.1, -0.05) is 31.2 Å². The minimum Gasteiger partial charge on any atom is -0.454 e. The first-order valence-corrected chi connectivity index (χ1v) is 13.3. The van der Waals surface area contributed by atoms with Gasteiger partial charge in [0.1, 0.15) is 0 Å². The van der Waals surface area contributed by atoms with Gasteiger partial charge >= 0.3 is 0 Å². The van der Waals surface area contributed by atoms with Gasteiger partial charge in [-0.3, -0.25) is 10.2 Å². The number of ether oxygens (including phenoxy) is 2. The second-order valence-corrected chi connectivity index (χ2v) is 9.81. The molecule has 0 spiro atoms. The number of fused-ring (bicyclic) bond motifs is 1. The van der Waals surface area contributed by atoms with Crippen LogP contribution < -0.4 is 20.1 Å². The predicted molar refractivity (Wildman–Crippen MR) is 154 cm³/mol. The Balaban J connectivity index is 1.29. The van der Waals surface area contributed by atoms with Crippen LogP contribution in [0, 0.1) is 13.8 Å². The molecular formula is C28H33N7O2S. The van der Waals surface area contributed by atoms with Gasteiger partial charge in [0.25, 0.3) is 0 Å². The molecule has 2 aromatic carbocycles. The number of anilines is 2. The highest BCUT2D eigenvalue weighted by Crippen LogP contribution is 2.32. The SMILES string of the molecule is CCc1ccccc1NC(=S)/N=C(/Nc1nc(C)cc(C)n1)N1CCN(Cc2ccc3c(c2)OCO3)CC1. The molecule has 3 heterocycles. The van der Waals surface area contributed by atoms with E-state index < -0.39 is 0 Å². The van der Waals surface area contributed by atoms with Crippen molar-refractivity contribution in [2.75, 3.05) is 43.6 Å². The number of para-hydroxylation sites is 1. The van der Waals surface area contributed by atoms with E-state index in [0.29, 0.717) is 17.0 Å². The van der Waals surface area contributed by atoms with Crippen molar-refractivity contribution < 1.29 is 9.47 Å². The third-order valence-electron chi connectivity index (χ3n) is 6.57. The van der Waals surface area contributed by atoms with Crippen molar-refractivity contribution in [3.63, 3.8) is 0 Å². The Morgan fingerprint density at radius 3 is 2.45 bits per heavy atom. The molecule has 0 unspecified atom stereocenters. The van der Waals surface area contributed by atoms with Crippen molar-refractivity contribution >= 4 is 34.9 Å². The highest BCUT2D eigenvalue weighted by molar-refractivity contribution is 7.80. The third kappa shape index (κ3) is 6.38. The van der Waals surface area contributed by atoms with Gasteiger partial charge in [-0.25, -0.2) is 9.97 Å². The zero-order chi connectivity index (χ0) is 26.5. The van der Waals surface area contributed by atoms with E-state index in [2.05, 4.69) is 55.5 Å². The molecule has 38 heavy (non-hydrogen) atoms. The van der Waals surface area contributed by atoms with Gasteiger partial charge in [0, 0.05) is 49.8 Å². The monoisotopic (exact) mass is 531 g/mol. The molecule has 1 aromatic heterocycles. The van der Waals surface area contributed by atoms with Crippen molar-refractivity contribution in [1.29, 1.82) is 0 Å². The van der Waals surface area contributed by atoms with E-state index in [1.54, 1.807) is 0 Å². The first-order chi connectivity index (χ1) is 18.5. The number of aryl methyl sites for hydroxylation is 3. The molecule has 1 fully saturated rings. The van der Waals surface area contributed by atoms with Crippen LogP contribution in [-0.4, -0.2) is 63.8 Å². The number of nitrogens with one attached hydrogen (secondary N) is 2. The minimum absolute atomic E-state index is 0.289. The van der Waals surface area contributed by atoms with E-state index in [4.69, 9.17) is 26.7 Å². The predicted octanol–water partition coefficient (Wildman–Crippen LogP) is 4.37. The molecule has 2 N–H and O–H groups in total. The molecular weight excluding hydrogens is 498 g/mol. The van der Waals surface area contributed by atoms with E-state index in [9.17, 15) is 0 Å². The van der Waals surface area contributed by atoms with E-state index in [0.717, 1.165) is 67.7 Å². The minimum atomic E-state index is 0.289. The Morgan fingerprint density at radius 2 is 1.68 bits per heavy atom. The van der Waals surface area contributed by atoms with Crippen LogP contribution in [-0.2, 0) is 13.0 Å². The number of nitrogens with zero attached hydrogens (tertiary/aromatic N) is 5. The van der Waals surface area contributed by atoms with Gasteiger partial charge in [-0.15, -0.1) is 0 Å². The molecule has 0 bridgehead atoms. The van der Waals surface area contributed by atoms with Crippen molar-refractivity contribution in [3.8, 4) is 11.5 Å². The lowest BCUT2D eigenvalue weighted by atomic mass is 10.1. The van der Waals surface area contributed by atoms with Crippen LogP contribution in [0.1, 0.15) is 29.4 Å². The van der Waals surface area contributed by atoms with Gasteiger partial charge in [-0.05, 0) is 67.9 Å². The number of hydrogen-bond acceptors (Lipinski definition) is 6. The van der Waals surface area contributed by atoms with Crippen LogP contribution in [0.2, 0.25) is 0 Å². The van der Waals surface area contributed by atoms with Crippen molar-refractivity contribution in [1.82, 2.24) is 19.8 Å². The van der Waals surface area contributed by atoms with Gasteiger partial charge in [-0.2, -0.15) is 4.99 Å². The van der Waals surface area contributed by atoms with Crippen molar-refractivity contribution in [2.24, 2.45) is 4.99 Å². The topological polar surface area (TPSA) is 87.1 Å². The summed E-state index contributed by atoms with van der Waals surface area (Å²) in [5.74, 6) is 2.79. The highest BCUT2D eigenvalue weighted by atomic mass is 32.1. The summed E-state index contributed by atoms with van der Waals surface area (Å²) in [6.45, 7) is 10.5. The zero-order valence-electron chi connectivity index (χ0n) is 22.0. The van der Waals surface area contributed by atoms with E-state index in [-0.39, 0.29) is 6.79 Å². The number of rotatable bonds is 5. The molecule has 0 aliphatic carbocycles. The van der Waals surface area contributed by atoms with E-state index in [1.807, 2.05) is 44.2 Å². The number of guanidine groups is 1. The Labute approximate surface area is 228 Å². The summed E-state index contributed by atoms with van der Waals surface area (Å²) in [7, 11) is 0. The number of benzene rings is 2. The fourth-order valence-corrected chi connectivity index (χ4v) is 4.86. The lowest BCUT2D eigenvalue weighted by Gasteiger charge is -2.36. The fraction of sp³-hybridized carbons (Fsp3) is 0.357. The summed E-state index contributed by atoms with van der Waals surface area (Å²) in [6.07, 6.45) is 0.905. The maximum Gasteiger partial charge on any atom is 0.231 e. The van der Waals surface area contributed by atoms with Crippen LogP contribution in [0.3, 0.4) is 0 Å². The molecule has 5 rings (SSSR count). The molecule has 1 saturated heterocycles. The highest BCUT2D eigenvalue weighted by Gasteiger charge is 2.22. The summed E-state index contributed by atoms with van der Waals surface area (Å²) in [5, 5.41) is 7.04. The zero-order valence-corrected chi connectivity index (χ0v) is 22.8. The Hall–Kier alpha value is -3.76. The Bertz CT molecular complexity index is 1320. The van der Waals surface area contributed by atoms with Crippen LogP contribution >= 0.6 is 12.2 Å². The third-order valence-corrected chi connectivity index (χ3v) is 6.76. The molecule has 2 aliphatic rings. The van der Waals surface area contributed by atoms with Crippen LogP contribution in [0.4, 0.5) is 11.6 Å². The Kier molecular flexibility index (Phi) is 8.00. The molecule has 3 aromatic rings. The van der Waals surface area contributed by atoms with Gasteiger partial charge in [0.15, 0.2) is 11.5 Å². The number of hydrogen-bond donors (Lipinski definition) is 2. The van der Waals surface area contributed by atoms with Crippen molar-refractivity contribution in [2.45, 2.75) is 33.7 Å². The van der Waals surface area contributed by atoms with Gasteiger partial charge in [0.2, 0.25) is 23.8 Å². The first kappa shape index (κ1) is 25.9. The van der Waals surface area contributed by atoms with Crippen LogP contribution in [0.15, 0.2) is 53.5 Å². The Morgan fingerprint density at radius 1 is 0.947 bits per heavy atom. The largest absolute Gasteiger partial charge is 0.454 e. The maximum atomic E-state index is 5.67. The smallest absolute Gasteiger partial charge is 0.231 e. The average Bonchev–Trinajstić information content (AvgIpc) is 3.36. The molecule has 9 nitrogen and oxygen atoms in total. The molecule has 0 saturated carbocycles. The molecule has 0 amide bonds. The summed E-state index contributed by atoms with van der Waals surface area (Å²) < 4.78 is 11.0. The molecule has 0 radical (unpaired) electrons. The average molecular weight is 532 g/mol. The van der Waals surface area contributed by atoms with Crippen LogP contribution in [0.5, 0.6) is 11.5 Å². The quantitative estimate of drug-likeness (QED) is 0.283. The maximum absolute atomic E-state index is 5.67. The molecule has 2 aliphatic heterocycles. The summed E-state index contributed by atoms with van der Waals surface area (Å²) >= 11 is 5.67. The van der Waals surface area contributed by atoms with Crippen molar-refractivity contribution in [3.05, 3.63) is 71.0 Å². The summed E-state index contributed by atoms with van der Waals surface area (Å²) in [6, 6.07) is 16.2. The first-order valence-electron chi connectivity index (χ1n) is 12.9. The second kappa shape index (κ2) is 11.7. The normalized spacial score (nSPS) is 15.4. The van der Waals surface area contributed by atoms with Gasteiger partial charge < -0.3 is 19.7 Å². The molecule has 0 atom stereocenters. The number of thiocarbonyl (C=S) groups is 1. The molecule has 198 valence electrons. The molecule has 10 heteroatoms. The van der Waals surface area contributed by atoms with E-state index in [1.165, 1.54) is 11.1 Å². The standard InChI is InChI=1S/C28H33N7O2S/c1-4-22-7-5-6-8-23(22)31-28(38)33-27(32-26-29-19(2)15-20(3)30-26)35-13-11-34(12-14-35)17-21-9-10-24-25(16-21)37-18-36-24/h5-10,15-16H,4,11-14,17-18H2,1-3H3,(H2,29,30,31,32,33,38). The second-order valence-electron chi connectivity index (χ2n) is 9.43. The number of piperazine rings is 1. The summed E-state index contributed by atoms with van der Waals surface area (Å²) in [4.78, 5) is 18.5. The van der Waals surface area contributed by atoms with E-state index >= 15 is 0 Å². The number of aromatic nitrogens is 2. The number of aliphatic imine (C=N–C) groups is 1. The lowest BCUT2D eigenvalue weighted by Crippen LogP contribution is -2.50. The van der Waals surface area contributed by atoms with Gasteiger partial charge in [0.05, 0.1) is 0 Å². The fourth-order valence-electron chi connectivity index (χ4n) is 4.66. The van der Waals surface area contributed by atoms with Crippen LogP contribution in [0.25, 0.3) is 0 Å². The summed E-state index contributed by atoms with van der Waals surface area (Å²) in [5.41, 5.74) is 5.16.